The molecule has 1 aromatic carbocycles. The van der Waals surface area contributed by atoms with Crippen molar-refractivity contribution in [3.8, 4) is 0 Å². The Hall–Kier alpha value is -2.69. The van der Waals surface area contributed by atoms with E-state index in [9.17, 15) is 9.59 Å². The monoisotopic (exact) mass is 353 g/mol. The maximum Gasteiger partial charge on any atom is 0.256 e. The molecule has 26 heavy (non-hydrogen) atoms. The van der Waals surface area contributed by atoms with E-state index in [4.69, 9.17) is 0 Å². The second kappa shape index (κ2) is 8.61. The Kier molecular flexibility index (Phi) is 6.50. The van der Waals surface area contributed by atoms with E-state index in [1.807, 2.05) is 51.2 Å². The van der Waals surface area contributed by atoms with Gasteiger partial charge in [0.05, 0.1) is 23.5 Å². The van der Waals surface area contributed by atoms with Crippen molar-refractivity contribution in [1.82, 2.24) is 9.88 Å². The molecule has 0 bridgehead atoms. The molecule has 1 N–H and O–H groups in total. The highest BCUT2D eigenvalue weighted by Gasteiger charge is 2.19. The summed E-state index contributed by atoms with van der Waals surface area (Å²) in [5.41, 5.74) is 4.00. The van der Waals surface area contributed by atoms with Crippen molar-refractivity contribution in [2.45, 2.75) is 40.7 Å². The number of benzene rings is 1. The maximum absolute atomic E-state index is 12.9. The van der Waals surface area contributed by atoms with Gasteiger partial charge in [0.2, 0.25) is 5.91 Å². The number of hydrogen-bond donors (Lipinski definition) is 1. The molecule has 0 saturated heterocycles. The Labute approximate surface area is 155 Å². The number of amides is 2. The van der Waals surface area contributed by atoms with E-state index in [2.05, 4.69) is 17.2 Å². The van der Waals surface area contributed by atoms with E-state index in [0.29, 0.717) is 17.8 Å². The molecule has 0 aliphatic carbocycles. The number of hydrogen-bond acceptors (Lipinski definition) is 3. The molecule has 2 rings (SSSR count). The fraction of sp³-hybridized carbons (Fsp3) is 0.381. The van der Waals surface area contributed by atoms with Crippen LogP contribution < -0.4 is 5.32 Å². The lowest BCUT2D eigenvalue weighted by Crippen LogP contribution is -2.28. The fourth-order valence-electron chi connectivity index (χ4n) is 2.50. The number of nitrogens with zero attached hydrogens (tertiary/aromatic N) is 2. The number of nitrogens with one attached hydrogen (secondary N) is 1. The summed E-state index contributed by atoms with van der Waals surface area (Å²) in [7, 11) is 1.74. The third kappa shape index (κ3) is 4.91. The topological polar surface area (TPSA) is 62.3 Å². The number of anilines is 1. The molecule has 0 fully saturated rings. The Morgan fingerprint density at radius 2 is 1.92 bits per heavy atom. The molecule has 0 aliphatic heterocycles. The minimum atomic E-state index is -0.154. The normalized spacial score (nSPS) is 10.7. The summed E-state index contributed by atoms with van der Waals surface area (Å²) < 4.78 is 0. The van der Waals surface area contributed by atoms with Crippen LogP contribution in [0.1, 0.15) is 48.0 Å². The molecule has 0 radical (unpaired) electrons. The van der Waals surface area contributed by atoms with Crippen LogP contribution in [-0.4, -0.2) is 28.7 Å². The average molecular weight is 353 g/mol. The number of aryl methyl sites for hydroxylation is 2. The molecule has 2 aromatic rings. The Morgan fingerprint density at radius 1 is 1.19 bits per heavy atom. The summed E-state index contributed by atoms with van der Waals surface area (Å²) in [6, 6.07) is 9.45. The number of aromatic nitrogens is 1. The molecule has 1 heterocycles. The molecule has 0 spiro atoms. The van der Waals surface area contributed by atoms with Gasteiger partial charge in [-0.3, -0.25) is 14.6 Å². The first kappa shape index (κ1) is 19.6. The summed E-state index contributed by atoms with van der Waals surface area (Å²) in [4.78, 5) is 31.0. The highest BCUT2D eigenvalue weighted by molar-refractivity contribution is 6.04. The summed E-state index contributed by atoms with van der Waals surface area (Å²) in [6.45, 7) is 8.06. The summed E-state index contributed by atoms with van der Waals surface area (Å²) in [5, 5.41) is 2.85. The van der Waals surface area contributed by atoms with Crippen LogP contribution in [0.3, 0.4) is 0 Å². The van der Waals surface area contributed by atoms with Crippen molar-refractivity contribution in [1.29, 1.82) is 0 Å². The van der Waals surface area contributed by atoms with Gasteiger partial charge in [-0.05, 0) is 37.1 Å². The molecule has 5 heteroatoms. The van der Waals surface area contributed by atoms with Crippen LogP contribution in [0.25, 0.3) is 0 Å². The molecule has 1 aromatic heterocycles. The van der Waals surface area contributed by atoms with E-state index < -0.39 is 0 Å². The number of rotatable bonds is 6. The van der Waals surface area contributed by atoms with E-state index in [1.54, 1.807) is 18.0 Å². The first-order valence-corrected chi connectivity index (χ1v) is 8.92. The molecule has 2 amide bonds. The SMILES string of the molecule is CCc1ccc(CN(C)C(=O)c2cc(C)ccc2NC(=O)C(C)C)nc1. The third-order valence-corrected chi connectivity index (χ3v) is 4.23. The smallest absolute Gasteiger partial charge is 0.256 e. The summed E-state index contributed by atoms with van der Waals surface area (Å²) >= 11 is 0. The Balaban J connectivity index is 2.20. The summed E-state index contributed by atoms with van der Waals surface area (Å²) in [5.74, 6) is -0.408. The molecular formula is C21H27N3O2. The van der Waals surface area contributed by atoms with Crippen molar-refractivity contribution in [3.63, 3.8) is 0 Å². The second-order valence-corrected chi connectivity index (χ2v) is 6.87. The van der Waals surface area contributed by atoms with Crippen molar-refractivity contribution >= 4 is 17.5 Å². The number of carbonyl (C=O) groups is 2. The van der Waals surface area contributed by atoms with Crippen molar-refractivity contribution in [2.75, 3.05) is 12.4 Å². The largest absolute Gasteiger partial charge is 0.336 e. The van der Waals surface area contributed by atoms with E-state index in [1.165, 1.54) is 5.56 Å². The molecule has 5 nitrogen and oxygen atoms in total. The summed E-state index contributed by atoms with van der Waals surface area (Å²) in [6.07, 6.45) is 2.78. The minimum absolute atomic E-state index is 0.109. The zero-order chi connectivity index (χ0) is 19.3. The molecular weight excluding hydrogens is 326 g/mol. The fourth-order valence-corrected chi connectivity index (χ4v) is 2.50. The van der Waals surface area contributed by atoms with Gasteiger partial charge in [0.25, 0.3) is 5.91 Å². The predicted molar refractivity (Wildman–Crippen MR) is 104 cm³/mol. The van der Waals surface area contributed by atoms with Gasteiger partial charge in [0.15, 0.2) is 0 Å². The highest BCUT2D eigenvalue weighted by Crippen LogP contribution is 2.20. The molecule has 0 atom stereocenters. The van der Waals surface area contributed by atoms with Crippen molar-refractivity contribution < 1.29 is 9.59 Å². The van der Waals surface area contributed by atoms with Gasteiger partial charge in [-0.1, -0.05) is 38.5 Å². The molecule has 0 aliphatic rings. The predicted octanol–water partition coefficient (Wildman–Crippen LogP) is 3.82. The third-order valence-electron chi connectivity index (χ3n) is 4.23. The maximum atomic E-state index is 12.9. The second-order valence-electron chi connectivity index (χ2n) is 6.87. The first-order valence-electron chi connectivity index (χ1n) is 8.92. The van der Waals surface area contributed by atoms with Gasteiger partial charge in [-0.2, -0.15) is 0 Å². The number of carbonyl (C=O) groups excluding carboxylic acids is 2. The van der Waals surface area contributed by atoms with Gasteiger partial charge < -0.3 is 10.2 Å². The van der Waals surface area contributed by atoms with Gasteiger partial charge in [0, 0.05) is 19.2 Å². The zero-order valence-corrected chi connectivity index (χ0v) is 16.2. The lowest BCUT2D eigenvalue weighted by Gasteiger charge is -2.20. The van der Waals surface area contributed by atoms with Crippen LogP contribution in [0.4, 0.5) is 5.69 Å². The van der Waals surface area contributed by atoms with Crippen molar-refractivity contribution in [2.24, 2.45) is 5.92 Å². The quantitative estimate of drug-likeness (QED) is 0.859. The molecule has 0 unspecified atom stereocenters. The van der Waals surface area contributed by atoms with Crippen molar-refractivity contribution in [3.05, 3.63) is 58.9 Å². The van der Waals surface area contributed by atoms with Crippen LogP contribution in [-0.2, 0) is 17.8 Å². The van der Waals surface area contributed by atoms with Crippen LogP contribution in [0.15, 0.2) is 36.5 Å². The van der Waals surface area contributed by atoms with Crippen LogP contribution in [0.5, 0.6) is 0 Å². The lowest BCUT2D eigenvalue weighted by atomic mass is 10.1. The lowest BCUT2D eigenvalue weighted by molar-refractivity contribution is -0.118. The van der Waals surface area contributed by atoms with E-state index in [-0.39, 0.29) is 17.7 Å². The molecule has 0 saturated carbocycles. The standard InChI is InChI=1S/C21H27N3O2/c1-6-16-8-9-17(22-12-16)13-24(5)21(26)18-11-15(4)7-10-19(18)23-20(25)14(2)3/h7-12,14H,6,13H2,1-5H3,(H,23,25). The van der Waals surface area contributed by atoms with Gasteiger partial charge in [-0.15, -0.1) is 0 Å². The van der Waals surface area contributed by atoms with Gasteiger partial charge in [0.1, 0.15) is 0 Å². The average Bonchev–Trinajstić information content (AvgIpc) is 2.63. The molecule has 138 valence electrons. The van der Waals surface area contributed by atoms with E-state index >= 15 is 0 Å². The Bertz CT molecular complexity index is 782. The van der Waals surface area contributed by atoms with Crippen LogP contribution in [0.2, 0.25) is 0 Å². The van der Waals surface area contributed by atoms with Crippen LogP contribution >= 0.6 is 0 Å². The Morgan fingerprint density at radius 3 is 2.50 bits per heavy atom. The highest BCUT2D eigenvalue weighted by atomic mass is 16.2. The number of pyridine rings is 1. The van der Waals surface area contributed by atoms with Crippen LogP contribution in [0, 0.1) is 12.8 Å². The van der Waals surface area contributed by atoms with Gasteiger partial charge >= 0.3 is 0 Å². The minimum Gasteiger partial charge on any atom is -0.336 e. The first-order chi connectivity index (χ1) is 12.3. The zero-order valence-electron chi connectivity index (χ0n) is 16.2. The van der Waals surface area contributed by atoms with E-state index in [0.717, 1.165) is 17.7 Å². The van der Waals surface area contributed by atoms with Gasteiger partial charge in [-0.25, -0.2) is 0 Å².